The highest BCUT2D eigenvalue weighted by molar-refractivity contribution is 7.87. The van der Waals surface area contributed by atoms with E-state index in [1.807, 2.05) is 6.07 Å². The van der Waals surface area contributed by atoms with Crippen molar-refractivity contribution in [2.45, 2.75) is 31.8 Å². The highest BCUT2D eigenvalue weighted by Gasteiger charge is 2.22. The van der Waals surface area contributed by atoms with Gasteiger partial charge in [0, 0.05) is 14.1 Å². The number of benzene rings is 2. The lowest BCUT2D eigenvalue weighted by Gasteiger charge is -2.17. The molecular formula is C20H23NO6S. The third kappa shape index (κ3) is 5.10. The van der Waals surface area contributed by atoms with E-state index in [0.29, 0.717) is 5.56 Å². The van der Waals surface area contributed by atoms with Crippen LogP contribution in [0.2, 0.25) is 0 Å². The summed E-state index contributed by atoms with van der Waals surface area (Å²) in [6.07, 6.45) is -0.928. The summed E-state index contributed by atoms with van der Waals surface area (Å²) in [6, 6.07) is 10.5. The van der Waals surface area contributed by atoms with Gasteiger partial charge in [0.15, 0.2) is 6.10 Å². The van der Waals surface area contributed by atoms with Crippen LogP contribution in [0.1, 0.15) is 28.4 Å². The Morgan fingerprint density at radius 3 is 2.18 bits per heavy atom. The second kappa shape index (κ2) is 8.43. The normalized spacial score (nSPS) is 12.2. The van der Waals surface area contributed by atoms with Gasteiger partial charge in [-0.15, -0.1) is 0 Å². The predicted molar refractivity (Wildman–Crippen MR) is 104 cm³/mol. The van der Waals surface area contributed by atoms with Crippen LogP contribution in [0.3, 0.4) is 0 Å². The van der Waals surface area contributed by atoms with Gasteiger partial charge < -0.3 is 13.8 Å². The van der Waals surface area contributed by atoms with Gasteiger partial charge in [0.1, 0.15) is 10.6 Å². The fourth-order valence-corrected chi connectivity index (χ4v) is 3.68. The monoisotopic (exact) mass is 405 g/mol. The molecule has 0 fully saturated rings. The van der Waals surface area contributed by atoms with Gasteiger partial charge in [-0.25, -0.2) is 4.79 Å². The van der Waals surface area contributed by atoms with Gasteiger partial charge in [0.25, 0.3) is 5.91 Å². The summed E-state index contributed by atoms with van der Waals surface area (Å²) in [4.78, 5) is 25.3. The van der Waals surface area contributed by atoms with Crippen LogP contribution in [-0.2, 0) is 19.6 Å². The maximum atomic E-state index is 12.5. The molecule has 0 aliphatic rings. The Kier molecular flexibility index (Phi) is 6.45. The van der Waals surface area contributed by atoms with E-state index in [1.54, 1.807) is 40.1 Å². The number of likely N-dealkylation sites (N-methyl/N-ethyl adjacent to an activating group) is 1. The molecular weight excluding hydrogens is 382 g/mol. The van der Waals surface area contributed by atoms with Crippen molar-refractivity contribution in [3.05, 3.63) is 59.2 Å². The Hall–Kier alpha value is -2.87. The number of hydrogen-bond donors (Lipinski definition) is 0. The molecule has 1 atom stereocenters. The number of hydrogen-bond acceptors (Lipinski definition) is 6. The second-order valence-corrected chi connectivity index (χ2v) is 8.13. The van der Waals surface area contributed by atoms with Crippen molar-refractivity contribution >= 4 is 22.0 Å². The van der Waals surface area contributed by atoms with Crippen molar-refractivity contribution in [1.29, 1.82) is 0 Å². The molecule has 0 saturated carbocycles. The molecule has 0 heterocycles. The van der Waals surface area contributed by atoms with E-state index < -0.39 is 22.2 Å². The molecule has 150 valence electrons. The lowest BCUT2D eigenvalue weighted by Crippen LogP contribution is -2.34. The number of carbonyl (C=O) groups excluding carboxylic acids is 2. The van der Waals surface area contributed by atoms with Gasteiger partial charge in [-0.2, -0.15) is 8.42 Å². The van der Waals surface area contributed by atoms with Crippen molar-refractivity contribution < 1.29 is 26.9 Å². The van der Waals surface area contributed by atoms with Crippen LogP contribution in [0.25, 0.3) is 0 Å². The first-order valence-electron chi connectivity index (χ1n) is 8.55. The zero-order valence-corrected chi connectivity index (χ0v) is 17.2. The van der Waals surface area contributed by atoms with Gasteiger partial charge in [-0.1, -0.05) is 12.1 Å². The number of rotatable bonds is 6. The van der Waals surface area contributed by atoms with E-state index >= 15 is 0 Å². The van der Waals surface area contributed by atoms with Crippen LogP contribution >= 0.6 is 0 Å². The Morgan fingerprint density at radius 2 is 1.61 bits per heavy atom. The summed E-state index contributed by atoms with van der Waals surface area (Å²) in [7, 11) is -0.876. The Labute approximate surface area is 165 Å². The summed E-state index contributed by atoms with van der Waals surface area (Å²) in [5.74, 6) is -0.963. The lowest BCUT2D eigenvalue weighted by molar-refractivity contribution is -0.137. The average Bonchev–Trinajstić information content (AvgIpc) is 2.63. The third-order valence-corrected chi connectivity index (χ3v) is 5.37. The van der Waals surface area contributed by atoms with Crippen LogP contribution in [0.5, 0.6) is 5.75 Å². The van der Waals surface area contributed by atoms with Crippen molar-refractivity contribution in [2.75, 3.05) is 14.1 Å². The number of nitrogens with zero attached hydrogens (tertiary/aromatic N) is 1. The molecule has 0 saturated heterocycles. The van der Waals surface area contributed by atoms with E-state index in [4.69, 9.17) is 8.92 Å². The van der Waals surface area contributed by atoms with E-state index in [0.717, 1.165) is 5.56 Å². The van der Waals surface area contributed by atoms with Crippen molar-refractivity contribution in [3.8, 4) is 5.75 Å². The van der Waals surface area contributed by atoms with Crippen LogP contribution in [-0.4, -0.2) is 45.4 Å². The first kappa shape index (κ1) is 21.4. The quantitative estimate of drug-likeness (QED) is 0.542. The summed E-state index contributed by atoms with van der Waals surface area (Å²) >= 11 is 0. The molecule has 28 heavy (non-hydrogen) atoms. The summed E-state index contributed by atoms with van der Waals surface area (Å²) in [5, 5.41) is 0. The van der Waals surface area contributed by atoms with Gasteiger partial charge in [0.2, 0.25) is 0 Å². The number of aryl methyl sites for hydroxylation is 2. The predicted octanol–water partition coefficient (Wildman–Crippen LogP) is 2.70. The molecule has 2 rings (SSSR count). The maximum absolute atomic E-state index is 12.5. The molecule has 0 spiro atoms. The van der Waals surface area contributed by atoms with E-state index in [2.05, 4.69) is 0 Å². The van der Waals surface area contributed by atoms with Gasteiger partial charge in [-0.05, 0) is 62.2 Å². The fraction of sp³-hybridized carbons (Fsp3) is 0.300. The topological polar surface area (TPSA) is 90.0 Å². The van der Waals surface area contributed by atoms with Crippen LogP contribution in [0, 0.1) is 13.8 Å². The van der Waals surface area contributed by atoms with E-state index in [-0.39, 0.29) is 22.1 Å². The van der Waals surface area contributed by atoms with Gasteiger partial charge >= 0.3 is 16.1 Å². The number of esters is 1. The summed E-state index contributed by atoms with van der Waals surface area (Å²) < 4.78 is 35.3. The van der Waals surface area contributed by atoms with Crippen molar-refractivity contribution in [2.24, 2.45) is 0 Å². The fourth-order valence-electron chi connectivity index (χ4n) is 2.44. The molecule has 0 radical (unpaired) electrons. The minimum Gasteiger partial charge on any atom is -0.449 e. The van der Waals surface area contributed by atoms with Gasteiger partial charge in [-0.3, -0.25) is 4.79 Å². The van der Waals surface area contributed by atoms with Crippen molar-refractivity contribution in [3.63, 3.8) is 0 Å². The van der Waals surface area contributed by atoms with Crippen LogP contribution in [0.4, 0.5) is 0 Å². The van der Waals surface area contributed by atoms with Crippen LogP contribution in [0.15, 0.2) is 47.4 Å². The molecule has 0 bridgehead atoms. The minimum atomic E-state index is -4.01. The van der Waals surface area contributed by atoms with E-state index in [1.165, 1.54) is 36.1 Å². The first-order valence-corrected chi connectivity index (χ1v) is 9.96. The van der Waals surface area contributed by atoms with Crippen molar-refractivity contribution in [1.82, 2.24) is 4.90 Å². The second-order valence-electron chi connectivity index (χ2n) is 6.61. The molecule has 2 aromatic rings. The SMILES string of the molecule is Cc1ccc(C)c(S(=O)(=O)Oc2ccc(C(=O)OC(C)C(=O)N(C)C)cc2)c1. The smallest absolute Gasteiger partial charge is 0.339 e. The first-order chi connectivity index (χ1) is 13.0. The number of amides is 1. The number of ether oxygens (including phenoxy) is 1. The molecule has 8 heteroatoms. The molecule has 0 aliphatic heterocycles. The molecule has 2 aromatic carbocycles. The zero-order chi connectivity index (χ0) is 21.1. The molecule has 1 unspecified atom stereocenters. The Bertz CT molecular complexity index is 980. The standard InChI is InChI=1S/C20H23NO6S/c1-13-6-7-14(2)18(12-13)28(24,25)27-17-10-8-16(9-11-17)20(23)26-15(3)19(22)21(4)5/h6-12,15H,1-5H3. The Balaban J connectivity index is 2.13. The highest BCUT2D eigenvalue weighted by Crippen LogP contribution is 2.23. The molecule has 0 aromatic heterocycles. The maximum Gasteiger partial charge on any atom is 0.339 e. The van der Waals surface area contributed by atoms with Gasteiger partial charge in [0.05, 0.1) is 5.56 Å². The number of carbonyl (C=O) groups is 2. The molecule has 0 aliphatic carbocycles. The summed E-state index contributed by atoms with van der Waals surface area (Å²) in [5.41, 5.74) is 1.55. The Morgan fingerprint density at radius 1 is 1.00 bits per heavy atom. The molecule has 1 amide bonds. The third-order valence-electron chi connectivity index (χ3n) is 3.98. The molecule has 7 nitrogen and oxygen atoms in total. The average molecular weight is 405 g/mol. The minimum absolute atomic E-state index is 0.0647. The lowest BCUT2D eigenvalue weighted by atomic mass is 10.2. The molecule has 0 N–H and O–H groups in total. The van der Waals surface area contributed by atoms with E-state index in [9.17, 15) is 18.0 Å². The van der Waals surface area contributed by atoms with Crippen LogP contribution < -0.4 is 4.18 Å². The highest BCUT2D eigenvalue weighted by atomic mass is 32.2. The zero-order valence-electron chi connectivity index (χ0n) is 16.4. The summed E-state index contributed by atoms with van der Waals surface area (Å²) in [6.45, 7) is 4.96. The largest absolute Gasteiger partial charge is 0.449 e.